The molecule has 2 aliphatic rings. The predicted octanol–water partition coefficient (Wildman–Crippen LogP) is 8.09. The first-order chi connectivity index (χ1) is 17.8. The van der Waals surface area contributed by atoms with Crippen LogP contribution in [-0.2, 0) is 13.6 Å². The molecule has 2 aliphatic heterocycles. The van der Waals surface area contributed by atoms with Crippen molar-refractivity contribution in [1.82, 2.24) is 0 Å². The number of hydrogen-bond acceptors (Lipinski definition) is 6. The van der Waals surface area contributed by atoms with E-state index in [1.807, 2.05) is 24.3 Å². The van der Waals surface area contributed by atoms with Crippen LogP contribution in [0.15, 0.2) is 105 Å². The normalized spacial score (nSPS) is 14.0. The number of phosphoric ester groups is 1. The summed E-state index contributed by atoms with van der Waals surface area (Å²) in [6.45, 7) is 0. The Hall–Kier alpha value is -3.29. The zero-order chi connectivity index (χ0) is 25.6. The predicted molar refractivity (Wildman–Crippen MR) is 139 cm³/mol. The van der Waals surface area contributed by atoms with Gasteiger partial charge in [0.25, 0.3) is 0 Å². The van der Waals surface area contributed by atoms with Crippen molar-refractivity contribution in [2.75, 3.05) is 0 Å². The maximum Gasteiger partial charge on any atom is 0.372 e. The number of fused-ring (bicyclic) bond motifs is 4. The molecule has 0 saturated heterocycles. The molecule has 0 fully saturated rings. The van der Waals surface area contributed by atoms with Crippen molar-refractivity contribution in [3.8, 4) is 0 Å². The van der Waals surface area contributed by atoms with Gasteiger partial charge in [0.05, 0.1) is 0 Å². The lowest BCUT2D eigenvalue weighted by Gasteiger charge is -2.27. The number of benzene rings is 4. The molecule has 0 aliphatic carbocycles. The second-order valence-corrected chi connectivity index (χ2v) is 11.6. The average molecular weight is 550 g/mol. The first kappa shape index (κ1) is 24.1. The summed E-state index contributed by atoms with van der Waals surface area (Å²) >= 11 is 2.64. The molecule has 0 N–H and O–H groups in total. The fourth-order valence-corrected chi connectivity index (χ4v) is 7.01. The largest absolute Gasteiger partial charge is 0.736 e. The molecule has 0 saturated carbocycles. The Balaban J connectivity index is 1.40. The molecule has 37 heavy (non-hydrogen) atoms. The van der Waals surface area contributed by atoms with E-state index < -0.39 is 19.5 Å². The molecule has 0 amide bonds. The fourth-order valence-electron chi connectivity index (χ4n) is 4.04. The van der Waals surface area contributed by atoms with Gasteiger partial charge in [-0.2, -0.15) is 0 Å². The summed E-state index contributed by atoms with van der Waals surface area (Å²) in [6, 6.07) is 22.8. The van der Waals surface area contributed by atoms with E-state index in [0.717, 1.165) is 0 Å². The molecule has 0 radical (unpaired) electrons. The molecule has 6 rings (SSSR count). The van der Waals surface area contributed by atoms with Crippen LogP contribution in [0.3, 0.4) is 0 Å². The quantitative estimate of drug-likeness (QED) is 0.240. The lowest BCUT2D eigenvalue weighted by molar-refractivity contribution is -0.213. The molecule has 0 aromatic heterocycles. The van der Waals surface area contributed by atoms with Crippen LogP contribution in [-0.4, -0.2) is 0 Å². The second-order valence-electron chi connectivity index (χ2n) is 8.21. The molecule has 4 nitrogen and oxygen atoms in total. The molecule has 4 aromatic carbocycles. The van der Waals surface area contributed by atoms with Gasteiger partial charge in [0.2, 0.25) is 0 Å². The molecule has 0 atom stereocenters. The van der Waals surface area contributed by atoms with E-state index in [0.29, 0.717) is 41.8 Å². The van der Waals surface area contributed by atoms with Gasteiger partial charge >= 0.3 is 7.82 Å². The summed E-state index contributed by atoms with van der Waals surface area (Å²) in [7, 11) is -4.98. The van der Waals surface area contributed by atoms with Crippen LogP contribution in [0, 0.1) is 11.6 Å². The van der Waals surface area contributed by atoms with Gasteiger partial charge in [0.1, 0.15) is 23.2 Å². The monoisotopic (exact) mass is 549 g/mol. The van der Waals surface area contributed by atoms with E-state index in [9.17, 15) is 18.2 Å². The molecule has 0 bridgehead atoms. The van der Waals surface area contributed by atoms with Gasteiger partial charge in [-0.1, -0.05) is 72.1 Å². The van der Waals surface area contributed by atoms with Gasteiger partial charge in [0.15, 0.2) is 0 Å². The standard InChI is InChI=1S/C28H17F2O4PS2/c29-19-11-9-17-13-23(21-5-1-3-7-25(21)36-27(17)15-19)33-35(31,32)34-24-14-18-10-12-20(30)16-28(18)37-26-8-4-2-6-22(24)26/h1-16H,(H,31,32)/p-1. The summed E-state index contributed by atoms with van der Waals surface area (Å²) in [5, 5.41) is 0. The van der Waals surface area contributed by atoms with E-state index in [2.05, 4.69) is 0 Å². The van der Waals surface area contributed by atoms with Gasteiger partial charge in [-0.3, -0.25) is 0 Å². The summed E-state index contributed by atoms with van der Waals surface area (Å²) in [5.41, 5.74) is 2.30. The number of rotatable bonds is 4. The third-order valence-electron chi connectivity index (χ3n) is 5.69. The van der Waals surface area contributed by atoms with E-state index in [-0.39, 0.29) is 11.5 Å². The van der Waals surface area contributed by atoms with Gasteiger partial charge in [-0.15, -0.1) is 0 Å². The fraction of sp³-hybridized carbons (Fsp3) is 0. The second kappa shape index (κ2) is 9.54. The number of phosphoric acid groups is 1. The Labute approximate surface area is 220 Å². The Morgan fingerprint density at radius 2 is 1.05 bits per heavy atom. The van der Waals surface area contributed by atoms with Crippen LogP contribution in [0.25, 0.3) is 23.7 Å². The lowest BCUT2D eigenvalue weighted by Crippen LogP contribution is -2.08. The van der Waals surface area contributed by atoms with Gasteiger partial charge < -0.3 is 13.9 Å². The first-order valence-electron chi connectivity index (χ1n) is 11.1. The number of halogens is 2. The topological polar surface area (TPSA) is 58.6 Å². The third kappa shape index (κ3) is 4.98. The SMILES string of the molecule is O=P([O-])(OC1=Cc2ccc(F)cc2Sc2ccccc21)OC1=Cc2ccc(F)cc2Sc2ccccc21. The molecular weight excluding hydrogens is 533 g/mol. The van der Waals surface area contributed by atoms with Crippen LogP contribution in [0.4, 0.5) is 8.78 Å². The summed E-state index contributed by atoms with van der Waals surface area (Å²) in [6.07, 6.45) is 3.12. The Kier molecular flexibility index (Phi) is 6.21. The third-order valence-corrected chi connectivity index (χ3v) is 8.83. The van der Waals surface area contributed by atoms with Crippen LogP contribution in [0.2, 0.25) is 0 Å². The zero-order valence-electron chi connectivity index (χ0n) is 18.9. The Morgan fingerprint density at radius 3 is 1.51 bits per heavy atom. The molecule has 4 aromatic rings. The summed E-state index contributed by atoms with van der Waals surface area (Å²) < 4.78 is 52.2. The van der Waals surface area contributed by atoms with Crippen LogP contribution < -0.4 is 4.89 Å². The minimum atomic E-state index is -4.98. The van der Waals surface area contributed by atoms with Gasteiger partial charge in [-0.25, -0.2) is 13.3 Å². The highest BCUT2D eigenvalue weighted by Crippen LogP contribution is 2.53. The highest BCUT2D eigenvalue weighted by molar-refractivity contribution is 7.99. The van der Waals surface area contributed by atoms with Crippen molar-refractivity contribution in [2.24, 2.45) is 0 Å². The zero-order valence-corrected chi connectivity index (χ0v) is 21.4. The highest BCUT2D eigenvalue weighted by Gasteiger charge is 2.25. The van der Waals surface area contributed by atoms with Crippen molar-refractivity contribution >= 4 is 55.0 Å². The van der Waals surface area contributed by atoms with E-state index in [1.165, 1.54) is 47.8 Å². The molecule has 184 valence electrons. The minimum absolute atomic E-state index is 0.0612. The molecule has 0 unspecified atom stereocenters. The minimum Gasteiger partial charge on any atom is -0.736 e. The van der Waals surface area contributed by atoms with Crippen LogP contribution in [0.1, 0.15) is 22.3 Å². The smallest absolute Gasteiger partial charge is 0.372 e. The first-order valence-corrected chi connectivity index (χ1v) is 14.2. The maximum atomic E-state index is 13.9. The van der Waals surface area contributed by atoms with Crippen molar-refractivity contribution < 1.29 is 27.3 Å². The van der Waals surface area contributed by atoms with E-state index in [1.54, 1.807) is 48.6 Å². The van der Waals surface area contributed by atoms with Gasteiger partial charge in [-0.05, 0) is 59.7 Å². The van der Waals surface area contributed by atoms with E-state index >= 15 is 0 Å². The van der Waals surface area contributed by atoms with Crippen molar-refractivity contribution in [3.63, 3.8) is 0 Å². The molecule has 2 heterocycles. The molecular formula is C28H16F2O4PS2-. The Bertz CT molecular complexity index is 1550. The highest BCUT2D eigenvalue weighted by atomic mass is 32.2. The van der Waals surface area contributed by atoms with Crippen molar-refractivity contribution in [1.29, 1.82) is 0 Å². The average Bonchev–Trinajstić information content (AvgIpc) is 3.10. The van der Waals surface area contributed by atoms with Crippen molar-refractivity contribution in [3.05, 3.63) is 119 Å². The van der Waals surface area contributed by atoms with Gasteiger partial charge in [0, 0.05) is 30.7 Å². The Morgan fingerprint density at radius 1 is 0.622 bits per heavy atom. The lowest BCUT2D eigenvalue weighted by atomic mass is 10.1. The van der Waals surface area contributed by atoms with Crippen LogP contribution in [0.5, 0.6) is 0 Å². The summed E-state index contributed by atoms with van der Waals surface area (Å²) in [5.74, 6) is -0.662. The maximum absolute atomic E-state index is 13.9. The number of hydrogen-bond donors (Lipinski definition) is 0. The van der Waals surface area contributed by atoms with Crippen LogP contribution >= 0.6 is 31.3 Å². The summed E-state index contributed by atoms with van der Waals surface area (Å²) in [4.78, 5) is 16.0. The van der Waals surface area contributed by atoms with E-state index in [4.69, 9.17) is 9.05 Å². The van der Waals surface area contributed by atoms with Crippen molar-refractivity contribution in [2.45, 2.75) is 19.6 Å². The molecule has 0 spiro atoms. The molecule has 9 heteroatoms.